The van der Waals surface area contributed by atoms with E-state index < -0.39 is 11.7 Å². The van der Waals surface area contributed by atoms with Crippen LogP contribution in [0, 0.1) is 5.82 Å². The lowest BCUT2D eigenvalue weighted by Crippen LogP contribution is -2.20. The molecule has 0 unspecified atom stereocenters. The number of methoxy groups -OCH3 is 1. The van der Waals surface area contributed by atoms with E-state index in [1.165, 1.54) is 19.2 Å². The molecule has 0 spiro atoms. The molecule has 0 aromatic heterocycles. The van der Waals surface area contributed by atoms with E-state index in [0.29, 0.717) is 17.0 Å². The SMILES string of the molecule is COc1ccc(CC(=O)Nc2cccc(OCC(N)=O)c2)cc1F. The Labute approximate surface area is 138 Å². The first-order valence-corrected chi connectivity index (χ1v) is 7.11. The Balaban J connectivity index is 1.98. The van der Waals surface area contributed by atoms with Crippen molar-refractivity contribution in [1.82, 2.24) is 0 Å². The quantitative estimate of drug-likeness (QED) is 0.810. The highest BCUT2D eigenvalue weighted by atomic mass is 19.1. The Kier molecular flexibility index (Phi) is 5.73. The Hall–Kier alpha value is -3.09. The first-order valence-electron chi connectivity index (χ1n) is 7.11. The molecule has 6 nitrogen and oxygen atoms in total. The van der Waals surface area contributed by atoms with Crippen molar-refractivity contribution in [2.24, 2.45) is 5.73 Å². The molecule has 2 amide bonds. The first-order chi connectivity index (χ1) is 11.5. The number of anilines is 1. The maximum atomic E-state index is 13.6. The number of ether oxygens (including phenoxy) is 2. The molecule has 0 aliphatic heterocycles. The molecule has 2 aromatic carbocycles. The van der Waals surface area contributed by atoms with Gasteiger partial charge >= 0.3 is 0 Å². The maximum Gasteiger partial charge on any atom is 0.255 e. The van der Waals surface area contributed by atoms with Crippen molar-refractivity contribution in [3.8, 4) is 11.5 Å². The van der Waals surface area contributed by atoms with Crippen LogP contribution in [0.2, 0.25) is 0 Å². The molecule has 2 rings (SSSR count). The van der Waals surface area contributed by atoms with Crippen LogP contribution < -0.4 is 20.5 Å². The van der Waals surface area contributed by atoms with Crippen molar-refractivity contribution in [3.63, 3.8) is 0 Å². The fraction of sp³-hybridized carbons (Fsp3) is 0.176. The van der Waals surface area contributed by atoms with Crippen LogP contribution in [0.3, 0.4) is 0 Å². The highest BCUT2D eigenvalue weighted by Crippen LogP contribution is 2.20. The van der Waals surface area contributed by atoms with Gasteiger partial charge in [-0.2, -0.15) is 0 Å². The molecule has 0 aliphatic carbocycles. The summed E-state index contributed by atoms with van der Waals surface area (Å²) in [4.78, 5) is 22.7. The van der Waals surface area contributed by atoms with E-state index in [2.05, 4.69) is 5.32 Å². The van der Waals surface area contributed by atoms with E-state index in [1.54, 1.807) is 30.3 Å². The van der Waals surface area contributed by atoms with Crippen LogP contribution in [-0.2, 0) is 16.0 Å². The molecule has 0 saturated carbocycles. The molecular weight excluding hydrogens is 315 g/mol. The summed E-state index contributed by atoms with van der Waals surface area (Å²) in [6.07, 6.45) is 0.00723. The van der Waals surface area contributed by atoms with Gasteiger partial charge in [0.15, 0.2) is 18.2 Å². The van der Waals surface area contributed by atoms with Crippen molar-refractivity contribution < 1.29 is 23.5 Å². The predicted molar refractivity (Wildman–Crippen MR) is 86.4 cm³/mol. The number of nitrogens with two attached hydrogens (primary N) is 1. The second-order valence-electron chi connectivity index (χ2n) is 4.98. The number of benzene rings is 2. The minimum atomic E-state index is -0.592. The van der Waals surface area contributed by atoms with Crippen molar-refractivity contribution in [3.05, 3.63) is 53.8 Å². The summed E-state index contributed by atoms with van der Waals surface area (Å²) in [5.74, 6) is -0.900. The van der Waals surface area contributed by atoms with E-state index in [0.717, 1.165) is 0 Å². The van der Waals surface area contributed by atoms with Gasteiger partial charge in [0.2, 0.25) is 5.91 Å². The Morgan fingerprint density at radius 2 is 2.00 bits per heavy atom. The van der Waals surface area contributed by atoms with Crippen LogP contribution in [0.15, 0.2) is 42.5 Å². The number of halogens is 1. The monoisotopic (exact) mass is 332 g/mol. The van der Waals surface area contributed by atoms with Gasteiger partial charge in [0.25, 0.3) is 5.91 Å². The van der Waals surface area contributed by atoms with Gasteiger partial charge in [-0.15, -0.1) is 0 Å². The van der Waals surface area contributed by atoms with E-state index in [-0.39, 0.29) is 24.7 Å². The first kappa shape index (κ1) is 17.3. The average molecular weight is 332 g/mol. The fourth-order valence-electron chi connectivity index (χ4n) is 2.03. The molecule has 0 radical (unpaired) electrons. The second kappa shape index (κ2) is 7.96. The van der Waals surface area contributed by atoms with E-state index >= 15 is 0 Å². The largest absolute Gasteiger partial charge is 0.494 e. The number of nitrogens with one attached hydrogen (secondary N) is 1. The molecule has 0 fully saturated rings. The van der Waals surface area contributed by atoms with Crippen LogP contribution in [0.1, 0.15) is 5.56 Å². The van der Waals surface area contributed by atoms with Crippen LogP contribution in [0.4, 0.5) is 10.1 Å². The van der Waals surface area contributed by atoms with Crippen LogP contribution in [0.5, 0.6) is 11.5 Å². The topological polar surface area (TPSA) is 90.7 Å². The molecule has 0 saturated heterocycles. The third-order valence-corrected chi connectivity index (χ3v) is 3.08. The summed E-state index contributed by atoms with van der Waals surface area (Å²) in [7, 11) is 1.37. The number of carbonyl (C=O) groups is 2. The average Bonchev–Trinajstić information content (AvgIpc) is 2.53. The van der Waals surface area contributed by atoms with Crippen LogP contribution in [-0.4, -0.2) is 25.5 Å². The standard InChI is InChI=1S/C17H17FN2O4/c1-23-15-6-5-11(7-14(15)18)8-17(22)20-12-3-2-4-13(9-12)24-10-16(19)21/h2-7,9H,8,10H2,1H3,(H2,19,21)(H,20,22). The Morgan fingerprint density at radius 3 is 2.67 bits per heavy atom. The molecule has 3 N–H and O–H groups in total. The molecule has 0 bridgehead atoms. The molecule has 7 heteroatoms. The minimum Gasteiger partial charge on any atom is -0.494 e. The third kappa shape index (κ3) is 4.98. The van der Waals surface area contributed by atoms with Crippen molar-refractivity contribution in [1.29, 1.82) is 0 Å². The number of amides is 2. The van der Waals surface area contributed by atoms with E-state index in [4.69, 9.17) is 15.2 Å². The zero-order valence-corrected chi connectivity index (χ0v) is 13.0. The Morgan fingerprint density at radius 1 is 1.21 bits per heavy atom. The molecular formula is C17H17FN2O4. The number of rotatable bonds is 7. The molecule has 126 valence electrons. The molecule has 0 atom stereocenters. The molecule has 24 heavy (non-hydrogen) atoms. The van der Waals surface area contributed by atoms with Gasteiger partial charge < -0.3 is 20.5 Å². The highest BCUT2D eigenvalue weighted by molar-refractivity contribution is 5.92. The lowest BCUT2D eigenvalue weighted by Gasteiger charge is -2.09. The highest BCUT2D eigenvalue weighted by Gasteiger charge is 2.09. The zero-order chi connectivity index (χ0) is 17.5. The Bertz CT molecular complexity index is 749. The smallest absolute Gasteiger partial charge is 0.255 e. The van der Waals surface area contributed by atoms with E-state index in [9.17, 15) is 14.0 Å². The minimum absolute atomic E-state index is 0.00723. The van der Waals surface area contributed by atoms with Crippen molar-refractivity contribution in [2.45, 2.75) is 6.42 Å². The van der Waals surface area contributed by atoms with Gasteiger partial charge in [-0.1, -0.05) is 12.1 Å². The fourth-order valence-corrected chi connectivity index (χ4v) is 2.03. The lowest BCUT2D eigenvalue weighted by molar-refractivity contribution is -0.120. The van der Waals surface area contributed by atoms with Crippen molar-refractivity contribution in [2.75, 3.05) is 19.0 Å². The summed E-state index contributed by atoms with van der Waals surface area (Å²) in [6.45, 7) is -0.247. The summed E-state index contributed by atoms with van der Waals surface area (Å²) in [5.41, 5.74) is 6.02. The van der Waals surface area contributed by atoms with E-state index in [1.807, 2.05) is 0 Å². The van der Waals surface area contributed by atoms with Crippen LogP contribution in [0.25, 0.3) is 0 Å². The summed E-state index contributed by atoms with van der Waals surface area (Å²) in [5, 5.41) is 2.68. The van der Waals surface area contributed by atoms with Crippen LogP contribution >= 0.6 is 0 Å². The number of hydrogen-bond donors (Lipinski definition) is 2. The van der Waals surface area contributed by atoms with Gasteiger partial charge in [0.05, 0.1) is 13.5 Å². The molecule has 0 heterocycles. The predicted octanol–water partition coefficient (Wildman–Crippen LogP) is 1.88. The lowest BCUT2D eigenvalue weighted by atomic mass is 10.1. The van der Waals surface area contributed by atoms with Gasteiger partial charge in [-0.05, 0) is 29.8 Å². The zero-order valence-electron chi connectivity index (χ0n) is 13.0. The van der Waals surface area contributed by atoms with Gasteiger partial charge in [0.1, 0.15) is 5.75 Å². The molecule has 0 aliphatic rings. The second-order valence-corrected chi connectivity index (χ2v) is 4.98. The third-order valence-electron chi connectivity index (χ3n) is 3.08. The normalized spacial score (nSPS) is 10.1. The summed E-state index contributed by atoms with van der Waals surface area (Å²) >= 11 is 0. The number of primary amides is 1. The molecule has 2 aromatic rings. The maximum absolute atomic E-state index is 13.6. The summed E-state index contributed by atoms with van der Waals surface area (Å²) in [6, 6.07) is 10.9. The summed E-state index contributed by atoms with van der Waals surface area (Å²) < 4.78 is 23.6. The number of carbonyl (C=O) groups excluding carboxylic acids is 2. The van der Waals surface area contributed by atoms with Gasteiger partial charge in [-0.25, -0.2) is 4.39 Å². The number of hydrogen-bond acceptors (Lipinski definition) is 4. The van der Waals surface area contributed by atoms with Crippen molar-refractivity contribution >= 4 is 17.5 Å². The van der Waals surface area contributed by atoms with Gasteiger partial charge in [0, 0.05) is 11.8 Å². The van der Waals surface area contributed by atoms with Gasteiger partial charge in [-0.3, -0.25) is 9.59 Å².